The van der Waals surface area contributed by atoms with Crippen LogP contribution in [0.25, 0.3) is 0 Å². The molecule has 0 aliphatic carbocycles. The Kier molecular flexibility index (Phi) is 3.10. The van der Waals surface area contributed by atoms with Crippen molar-refractivity contribution >= 4 is 22.7 Å². The van der Waals surface area contributed by atoms with Crippen LogP contribution in [0, 0.1) is 12.7 Å². The maximum atomic E-state index is 13.0. The molecule has 0 amide bonds. The molecule has 0 saturated carbocycles. The van der Waals surface area contributed by atoms with E-state index in [2.05, 4.69) is 24.4 Å². The lowest BCUT2D eigenvalue weighted by Gasteiger charge is -2.07. The zero-order valence-corrected chi connectivity index (χ0v) is 9.77. The molecule has 2 nitrogen and oxygen atoms in total. The van der Waals surface area contributed by atoms with E-state index in [1.807, 2.05) is 0 Å². The average molecular weight is 236 g/mol. The second kappa shape index (κ2) is 4.53. The number of rotatable bonds is 3. The number of hydrogen-bond acceptors (Lipinski definition) is 3. The van der Waals surface area contributed by atoms with E-state index in [0.29, 0.717) is 17.9 Å². The predicted molar refractivity (Wildman–Crippen MR) is 67.2 cm³/mol. The van der Waals surface area contributed by atoms with Gasteiger partial charge in [0.25, 0.3) is 0 Å². The number of thiophene rings is 1. The van der Waals surface area contributed by atoms with Crippen LogP contribution in [0.15, 0.2) is 30.3 Å². The standard InChI is InChI=1S/C12H13FN2S/c1-8-2-4-10(16-8)7-15-12-6-9(13)3-5-11(12)14/h2-6,15H,7,14H2,1H3. The predicted octanol–water partition coefficient (Wildman–Crippen LogP) is 3.39. The monoisotopic (exact) mass is 236 g/mol. The molecule has 16 heavy (non-hydrogen) atoms. The number of halogens is 1. The Balaban J connectivity index is 2.07. The van der Waals surface area contributed by atoms with Gasteiger partial charge in [-0.2, -0.15) is 0 Å². The van der Waals surface area contributed by atoms with Crippen LogP contribution in [0.2, 0.25) is 0 Å². The van der Waals surface area contributed by atoms with Gasteiger partial charge in [-0.05, 0) is 37.3 Å². The Hall–Kier alpha value is -1.55. The molecule has 0 saturated heterocycles. The minimum absolute atomic E-state index is 0.279. The second-order valence-electron chi connectivity index (χ2n) is 3.60. The summed E-state index contributed by atoms with van der Waals surface area (Å²) in [5.74, 6) is -0.279. The minimum Gasteiger partial charge on any atom is -0.397 e. The van der Waals surface area contributed by atoms with Crippen LogP contribution in [-0.4, -0.2) is 0 Å². The first-order chi connectivity index (χ1) is 7.65. The van der Waals surface area contributed by atoms with E-state index < -0.39 is 0 Å². The molecule has 1 heterocycles. The topological polar surface area (TPSA) is 38.0 Å². The maximum absolute atomic E-state index is 13.0. The van der Waals surface area contributed by atoms with Crippen LogP contribution in [-0.2, 0) is 6.54 Å². The normalized spacial score (nSPS) is 10.4. The van der Waals surface area contributed by atoms with E-state index in [0.717, 1.165) is 0 Å². The fraction of sp³-hybridized carbons (Fsp3) is 0.167. The van der Waals surface area contributed by atoms with Gasteiger partial charge in [-0.1, -0.05) is 0 Å². The quantitative estimate of drug-likeness (QED) is 0.802. The van der Waals surface area contributed by atoms with Crippen molar-refractivity contribution in [2.24, 2.45) is 0 Å². The molecule has 1 aromatic carbocycles. The average Bonchev–Trinajstić information content (AvgIpc) is 2.66. The molecule has 3 N–H and O–H groups in total. The molecular weight excluding hydrogens is 223 g/mol. The van der Waals surface area contributed by atoms with Crippen molar-refractivity contribution in [2.75, 3.05) is 11.1 Å². The fourth-order valence-corrected chi connectivity index (χ4v) is 2.27. The number of nitrogens with two attached hydrogens (primary N) is 1. The molecule has 2 rings (SSSR count). The number of nitrogens with one attached hydrogen (secondary N) is 1. The molecular formula is C12H13FN2S. The Morgan fingerprint density at radius 2 is 2.12 bits per heavy atom. The van der Waals surface area contributed by atoms with Gasteiger partial charge in [0.15, 0.2) is 0 Å². The number of benzene rings is 1. The molecule has 0 aliphatic rings. The van der Waals surface area contributed by atoms with Crippen molar-refractivity contribution in [3.8, 4) is 0 Å². The summed E-state index contributed by atoms with van der Waals surface area (Å²) < 4.78 is 13.0. The van der Waals surface area contributed by atoms with Gasteiger partial charge >= 0.3 is 0 Å². The van der Waals surface area contributed by atoms with Crippen molar-refractivity contribution < 1.29 is 4.39 Å². The summed E-state index contributed by atoms with van der Waals surface area (Å²) in [7, 11) is 0. The van der Waals surface area contributed by atoms with Crippen molar-refractivity contribution in [1.29, 1.82) is 0 Å². The summed E-state index contributed by atoms with van der Waals surface area (Å²) >= 11 is 1.72. The van der Waals surface area contributed by atoms with Gasteiger partial charge in [0.1, 0.15) is 5.82 Å². The van der Waals surface area contributed by atoms with E-state index in [9.17, 15) is 4.39 Å². The molecule has 1 aromatic heterocycles. The van der Waals surface area contributed by atoms with E-state index in [4.69, 9.17) is 5.73 Å². The lowest BCUT2D eigenvalue weighted by Crippen LogP contribution is -2.01. The first-order valence-electron chi connectivity index (χ1n) is 4.99. The third kappa shape index (κ3) is 2.52. The number of nitrogen functional groups attached to an aromatic ring is 1. The Labute approximate surface area is 97.9 Å². The summed E-state index contributed by atoms with van der Waals surface area (Å²) in [5, 5.41) is 3.13. The maximum Gasteiger partial charge on any atom is 0.125 e. The number of aryl methyl sites for hydroxylation is 1. The van der Waals surface area contributed by atoms with E-state index >= 15 is 0 Å². The smallest absolute Gasteiger partial charge is 0.125 e. The van der Waals surface area contributed by atoms with Crippen LogP contribution in [0.1, 0.15) is 9.75 Å². The highest BCUT2D eigenvalue weighted by Crippen LogP contribution is 2.22. The highest BCUT2D eigenvalue weighted by atomic mass is 32.1. The van der Waals surface area contributed by atoms with Crippen LogP contribution in [0.5, 0.6) is 0 Å². The van der Waals surface area contributed by atoms with Crippen molar-refractivity contribution in [1.82, 2.24) is 0 Å². The number of anilines is 2. The Bertz CT molecular complexity index is 494. The van der Waals surface area contributed by atoms with Gasteiger partial charge in [0.2, 0.25) is 0 Å². The van der Waals surface area contributed by atoms with Gasteiger partial charge < -0.3 is 11.1 Å². The van der Waals surface area contributed by atoms with Crippen LogP contribution >= 0.6 is 11.3 Å². The third-order valence-electron chi connectivity index (χ3n) is 2.26. The molecule has 0 aliphatic heterocycles. The van der Waals surface area contributed by atoms with Gasteiger partial charge in [-0.15, -0.1) is 11.3 Å². The summed E-state index contributed by atoms with van der Waals surface area (Å²) in [4.78, 5) is 2.48. The van der Waals surface area contributed by atoms with Gasteiger partial charge in [-0.25, -0.2) is 4.39 Å². The molecule has 0 fully saturated rings. The third-order valence-corrected chi connectivity index (χ3v) is 3.27. The summed E-state index contributed by atoms with van der Waals surface area (Å²) in [6, 6.07) is 8.46. The SMILES string of the molecule is Cc1ccc(CNc2cc(F)ccc2N)s1. The Morgan fingerprint density at radius 3 is 2.81 bits per heavy atom. The lowest BCUT2D eigenvalue weighted by atomic mass is 10.2. The van der Waals surface area contributed by atoms with Gasteiger partial charge in [0, 0.05) is 16.3 Å². The molecule has 2 aromatic rings. The molecule has 4 heteroatoms. The molecule has 0 radical (unpaired) electrons. The molecule has 0 bridgehead atoms. The highest BCUT2D eigenvalue weighted by molar-refractivity contribution is 7.11. The largest absolute Gasteiger partial charge is 0.397 e. The fourth-order valence-electron chi connectivity index (χ4n) is 1.44. The van der Waals surface area contributed by atoms with Crippen LogP contribution in [0.3, 0.4) is 0 Å². The first kappa shape index (κ1) is 11.0. The summed E-state index contributed by atoms with van der Waals surface area (Å²) in [6.07, 6.45) is 0. The van der Waals surface area contributed by atoms with E-state index in [1.54, 1.807) is 17.4 Å². The van der Waals surface area contributed by atoms with Crippen molar-refractivity contribution in [2.45, 2.75) is 13.5 Å². The summed E-state index contributed by atoms with van der Waals surface area (Å²) in [6.45, 7) is 2.73. The molecule has 0 unspecified atom stereocenters. The minimum atomic E-state index is -0.279. The van der Waals surface area contributed by atoms with Crippen LogP contribution < -0.4 is 11.1 Å². The summed E-state index contributed by atoms with van der Waals surface area (Å²) in [5.41, 5.74) is 6.94. The Morgan fingerprint density at radius 1 is 1.31 bits per heavy atom. The molecule has 0 atom stereocenters. The molecule has 0 spiro atoms. The van der Waals surface area contributed by atoms with Crippen LogP contribution in [0.4, 0.5) is 15.8 Å². The van der Waals surface area contributed by atoms with Gasteiger partial charge in [-0.3, -0.25) is 0 Å². The second-order valence-corrected chi connectivity index (χ2v) is 4.97. The van der Waals surface area contributed by atoms with E-state index in [-0.39, 0.29) is 5.82 Å². The lowest BCUT2D eigenvalue weighted by molar-refractivity contribution is 0.628. The number of hydrogen-bond donors (Lipinski definition) is 2. The van der Waals surface area contributed by atoms with Crippen molar-refractivity contribution in [3.63, 3.8) is 0 Å². The van der Waals surface area contributed by atoms with E-state index in [1.165, 1.54) is 21.9 Å². The zero-order valence-electron chi connectivity index (χ0n) is 8.96. The molecule has 84 valence electrons. The van der Waals surface area contributed by atoms with Crippen molar-refractivity contribution in [3.05, 3.63) is 45.9 Å². The zero-order chi connectivity index (χ0) is 11.5. The van der Waals surface area contributed by atoms with Gasteiger partial charge in [0.05, 0.1) is 11.4 Å². The highest BCUT2D eigenvalue weighted by Gasteiger charge is 2.01. The first-order valence-corrected chi connectivity index (χ1v) is 5.81.